The Hall–Kier alpha value is -1.56. The van der Waals surface area contributed by atoms with E-state index in [1.807, 2.05) is 0 Å². The standard InChI is InChI=1S/C12H12ClNO4/c13-9-3-1-2-7-4-10(18-11(7)9)12(17)14-8(5-15)6-16/h1-4,8,15-16H,5-6H2,(H,14,17). The Bertz CT molecular complexity index is 562. The van der Waals surface area contributed by atoms with Crippen LogP contribution in [0.15, 0.2) is 28.7 Å². The molecule has 6 heteroatoms. The van der Waals surface area contributed by atoms with E-state index >= 15 is 0 Å². The molecule has 0 atom stereocenters. The summed E-state index contributed by atoms with van der Waals surface area (Å²) in [5.41, 5.74) is 0.439. The van der Waals surface area contributed by atoms with Crippen molar-refractivity contribution in [3.05, 3.63) is 35.0 Å². The van der Waals surface area contributed by atoms with Gasteiger partial charge in [0.2, 0.25) is 0 Å². The average molecular weight is 270 g/mol. The summed E-state index contributed by atoms with van der Waals surface area (Å²) in [6.45, 7) is -0.688. The molecule has 1 aromatic carbocycles. The molecule has 2 rings (SSSR count). The first-order chi connectivity index (χ1) is 8.65. The van der Waals surface area contributed by atoms with E-state index in [0.29, 0.717) is 10.6 Å². The normalized spacial score (nSPS) is 11.1. The van der Waals surface area contributed by atoms with E-state index in [0.717, 1.165) is 5.39 Å². The number of carbonyl (C=O) groups excluding carboxylic acids is 1. The lowest BCUT2D eigenvalue weighted by molar-refractivity contribution is 0.0854. The van der Waals surface area contributed by atoms with Crippen LogP contribution in [0.25, 0.3) is 11.0 Å². The molecule has 0 saturated heterocycles. The first-order valence-electron chi connectivity index (χ1n) is 5.36. The van der Waals surface area contributed by atoms with Crippen molar-refractivity contribution in [1.29, 1.82) is 0 Å². The van der Waals surface area contributed by atoms with E-state index < -0.39 is 11.9 Å². The molecule has 0 bridgehead atoms. The predicted octanol–water partition coefficient (Wildman–Crippen LogP) is 1.17. The minimum atomic E-state index is -0.707. The zero-order chi connectivity index (χ0) is 13.1. The van der Waals surface area contributed by atoms with Gasteiger partial charge in [-0.3, -0.25) is 4.79 Å². The number of aliphatic hydroxyl groups is 2. The average Bonchev–Trinajstić information content (AvgIpc) is 2.81. The number of halogens is 1. The molecule has 0 fully saturated rings. The van der Waals surface area contributed by atoms with E-state index in [9.17, 15) is 4.79 Å². The highest BCUT2D eigenvalue weighted by Gasteiger charge is 2.16. The molecule has 2 aromatic rings. The third-order valence-electron chi connectivity index (χ3n) is 2.50. The van der Waals surface area contributed by atoms with Gasteiger partial charge in [0.1, 0.15) is 0 Å². The second-order valence-electron chi connectivity index (χ2n) is 3.80. The number of fused-ring (bicyclic) bond motifs is 1. The van der Waals surface area contributed by atoms with Gasteiger partial charge in [-0.05, 0) is 12.1 Å². The van der Waals surface area contributed by atoms with Crippen LogP contribution in [-0.4, -0.2) is 35.4 Å². The first-order valence-corrected chi connectivity index (χ1v) is 5.74. The smallest absolute Gasteiger partial charge is 0.287 e. The van der Waals surface area contributed by atoms with Crippen LogP contribution in [0.5, 0.6) is 0 Å². The van der Waals surface area contributed by atoms with Crippen LogP contribution in [0.2, 0.25) is 5.02 Å². The molecular weight excluding hydrogens is 258 g/mol. The molecule has 96 valence electrons. The molecule has 3 N–H and O–H groups in total. The zero-order valence-corrected chi connectivity index (χ0v) is 10.1. The molecule has 0 unspecified atom stereocenters. The van der Waals surface area contributed by atoms with Crippen LogP contribution in [-0.2, 0) is 0 Å². The Morgan fingerprint density at radius 2 is 2.11 bits per heavy atom. The SMILES string of the molecule is O=C(NC(CO)CO)c1cc2cccc(Cl)c2o1. The summed E-state index contributed by atoms with van der Waals surface area (Å²) in [6, 6.07) is 6.05. The van der Waals surface area contributed by atoms with Gasteiger partial charge in [-0.15, -0.1) is 0 Å². The summed E-state index contributed by atoms with van der Waals surface area (Å²) in [5.74, 6) is -0.416. The lowest BCUT2D eigenvalue weighted by Gasteiger charge is -2.11. The highest BCUT2D eigenvalue weighted by molar-refractivity contribution is 6.34. The van der Waals surface area contributed by atoms with Crippen molar-refractivity contribution >= 4 is 28.5 Å². The van der Waals surface area contributed by atoms with Gasteiger partial charge in [0.05, 0.1) is 24.3 Å². The van der Waals surface area contributed by atoms with Crippen LogP contribution in [0.4, 0.5) is 0 Å². The maximum atomic E-state index is 11.8. The lowest BCUT2D eigenvalue weighted by Crippen LogP contribution is -2.39. The van der Waals surface area contributed by atoms with Crippen LogP contribution >= 0.6 is 11.6 Å². The third kappa shape index (κ3) is 2.48. The van der Waals surface area contributed by atoms with Crippen molar-refractivity contribution in [3.8, 4) is 0 Å². The molecule has 0 spiro atoms. The van der Waals surface area contributed by atoms with Gasteiger partial charge in [-0.25, -0.2) is 0 Å². The Balaban J connectivity index is 2.26. The molecule has 1 aromatic heterocycles. The maximum Gasteiger partial charge on any atom is 0.287 e. The Kier molecular flexibility index (Phi) is 3.86. The fourth-order valence-corrected chi connectivity index (χ4v) is 1.77. The number of aliphatic hydroxyl groups excluding tert-OH is 2. The molecule has 18 heavy (non-hydrogen) atoms. The van der Waals surface area contributed by atoms with Gasteiger partial charge in [-0.2, -0.15) is 0 Å². The van der Waals surface area contributed by atoms with Gasteiger partial charge < -0.3 is 19.9 Å². The summed E-state index contributed by atoms with van der Waals surface area (Å²) in [6.07, 6.45) is 0. The molecular formula is C12H12ClNO4. The highest BCUT2D eigenvalue weighted by atomic mass is 35.5. The first kappa shape index (κ1) is 12.9. The number of benzene rings is 1. The monoisotopic (exact) mass is 269 g/mol. The molecule has 0 aliphatic heterocycles. The Morgan fingerprint density at radius 3 is 2.72 bits per heavy atom. The van der Waals surface area contributed by atoms with Gasteiger partial charge in [0.25, 0.3) is 5.91 Å². The predicted molar refractivity (Wildman–Crippen MR) is 66.6 cm³/mol. The summed E-state index contributed by atoms with van der Waals surface area (Å²) >= 11 is 5.93. The zero-order valence-electron chi connectivity index (χ0n) is 9.39. The van der Waals surface area contributed by atoms with Crippen molar-refractivity contribution in [2.24, 2.45) is 0 Å². The number of hydrogen-bond acceptors (Lipinski definition) is 4. The van der Waals surface area contributed by atoms with Crippen molar-refractivity contribution < 1.29 is 19.4 Å². The number of carbonyl (C=O) groups is 1. The lowest BCUT2D eigenvalue weighted by atomic mass is 10.2. The van der Waals surface area contributed by atoms with E-state index in [1.165, 1.54) is 0 Å². The topological polar surface area (TPSA) is 82.7 Å². The molecule has 0 radical (unpaired) electrons. The van der Waals surface area contributed by atoms with E-state index in [2.05, 4.69) is 5.32 Å². The van der Waals surface area contributed by atoms with Crippen LogP contribution in [0, 0.1) is 0 Å². The third-order valence-corrected chi connectivity index (χ3v) is 2.79. The van der Waals surface area contributed by atoms with E-state index in [-0.39, 0.29) is 19.0 Å². The van der Waals surface area contributed by atoms with Crippen molar-refractivity contribution in [2.75, 3.05) is 13.2 Å². The molecule has 0 aliphatic carbocycles. The molecule has 1 amide bonds. The van der Waals surface area contributed by atoms with Gasteiger partial charge >= 0.3 is 0 Å². The molecule has 0 saturated carbocycles. The van der Waals surface area contributed by atoms with Gasteiger partial charge in [0.15, 0.2) is 11.3 Å². The van der Waals surface area contributed by atoms with Crippen molar-refractivity contribution in [1.82, 2.24) is 5.32 Å². The number of rotatable bonds is 4. The maximum absolute atomic E-state index is 11.8. The number of amides is 1. The number of nitrogens with one attached hydrogen (secondary N) is 1. The molecule has 0 aliphatic rings. The second-order valence-corrected chi connectivity index (χ2v) is 4.21. The van der Waals surface area contributed by atoms with Crippen LogP contribution in [0.1, 0.15) is 10.6 Å². The Labute approximate surface area is 108 Å². The fourth-order valence-electron chi connectivity index (χ4n) is 1.54. The summed E-state index contributed by atoms with van der Waals surface area (Å²) in [4.78, 5) is 11.8. The van der Waals surface area contributed by atoms with Crippen molar-refractivity contribution in [3.63, 3.8) is 0 Å². The summed E-state index contributed by atoms with van der Waals surface area (Å²) in [7, 11) is 0. The molecule has 5 nitrogen and oxygen atoms in total. The Morgan fingerprint density at radius 1 is 1.39 bits per heavy atom. The van der Waals surface area contributed by atoms with E-state index in [4.69, 9.17) is 26.2 Å². The largest absolute Gasteiger partial charge is 0.449 e. The minimum absolute atomic E-state index is 0.0880. The second kappa shape index (κ2) is 5.39. The van der Waals surface area contributed by atoms with Crippen LogP contribution < -0.4 is 5.32 Å². The highest BCUT2D eigenvalue weighted by Crippen LogP contribution is 2.26. The van der Waals surface area contributed by atoms with E-state index in [1.54, 1.807) is 24.3 Å². The minimum Gasteiger partial charge on any atom is -0.449 e. The number of furan rings is 1. The summed E-state index contributed by atoms with van der Waals surface area (Å²) in [5, 5.41) is 21.3. The van der Waals surface area contributed by atoms with Crippen molar-refractivity contribution in [2.45, 2.75) is 6.04 Å². The summed E-state index contributed by atoms with van der Waals surface area (Å²) < 4.78 is 5.34. The van der Waals surface area contributed by atoms with Gasteiger partial charge in [0, 0.05) is 5.39 Å². The quantitative estimate of drug-likeness (QED) is 0.778. The fraction of sp³-hybridized carbons (Fsp3) is 0.250. The van der Waals surface area contributed by atoms with Crippen LogP contribution in [0.3, 0.4) is 0 Å². The van der Waals surface area contributed by atoms with Gasteiger partial charge in [-0.1, -0.05) is 23.7 Å². The number of para-hydroxylation sites is 1. The molecule has 1 heterocycles. The number of hydrogen-bond donors (Lipinski definition) is 3.